The minimum atomic E-state index is -3.55. The van der Waals surface area contributed by atoms with Crippen molar-refractivity contribution in [3.05, 3.63) is 28.3 Å². The summed E-state index contributed by atoms with van der Waals surface area (Å²) in [5.74, 6) is -0.245. The Balaban J connectivity index is 2.82. The molecule has 0 aliphatic heterocycles. The Morgan fingerprint density at radius 1 is 1.33 bits per heavy atom. The predicted molar refractivity (Wildman–Crippen MR) is 69.1 cm³/mol. The van der Waals surface area contributed by atoms with Gasteiger partial charge in [-0.05, 0) is 6.07 Å². The molecule has 8 nitrogen and oxygen atoms in total. The van der Waals surface area contributed by atoms with Gasteiger partial charge >= 0.3 is 0 Å². The average Bonchev–Trinajstić information content (AvgIpc) is 2.26. The highest BCUT2D eigenvalue weighted by atomic mass is 32.2. The van der Waals surface area contributed by atoms with E-state index in [1.54, 1.807) is 13.1 Å². The maximum Gasteiger partial charge on any atom is 0.273 e. The Kier molecular flexibility index (Phi) is 4.45. The zero-order valence-corrected chi connectivity index (χ0v) is 10.5. The first kappa shape index (κ1) is 14.2. The number of nitrogens with zero attached hydrogens (tertiary/aromatic N) is 1. The van der Waals surface area contributed by atoms with Gasteiger partial charge in [0.05, 0.1) is 10.7 Å². The Hall–Kier alpha value is -1.87. The minimum absolute atomic E-state index is 0.0834. The normalized spacial score (nSPS) is 11.0. The summed E-state index contributed by atoms with van der Waals surface area (Å²) in [6, 6.07) is 4.34. The van der Waals surface area contributed by atoms with Gasteiger partial charge in [-0.2, -0.15) is 0 Å². The van der Waals surface area contributed by atoms with Crippen molar-refractivity contribution >= 4 is 27.1 Å². The minimum Gasteiger partial charge on any atom is -0.388 e. The van der Waals surface area contributed by atoms with E-state index in [1.165, 1.54) is 12.1 Å². The number of non-ortho nitro benzene ring substituents is 1. The zero-order chi connectivity index (χ0) is 13.8. The van der Waals surface area contributed by atoms with Crippen LogP contribution in [0.3, 0.4) is 0 Å². The predicted octanol–water partition coefficient (Wildman–Crippen LogP) is 0.337. The van der Waals surface area contributed by atoms with Crippen LogP contribution < -0.4 is 15.8 Å². The van der Waals surface area contributed by atoms with Crippen molar-refractivity contribution in [3.8, 4) is 0 Å². The number of primary sulfonamides is 1. The number of nitrogens with two attached hydrogens (primary N) is 1. The van der Waals surface area contributed by atoms with Gasteiger partial charge in [0.1, 0.15) is 0 Å². The van der Waals surface area contributed by atoms with E-state index in [0.29, 0.717) is 11.4 Å². The van der Waals surface area contributed by atoms with Gasteiger partial charge in [-0.15, -0.1) is 0 Å². The smallest absolute Gasteiger partial charge is 0.273 e. The molecule has 0 aromatic heterocycles. The van der Waals surface area contributed by atoms with Gasteiger partial charge in [-0.1, -0.05) is 0 Å². The lowest BCUT2D eigenvalue weighted by Crippen LogP contribution is -2.22. The lowest BCUT2D eigenvalue weighted by molar-refractivity contribution is -0.384. The molecule has 1 aromatic carbocycles. The fraction of sp³-hybridized carbons (Fsp3) is 0.333. The van der Waals surface area contributed by atoms with Crippen LogP contribution in [-0.2, 0) is 10.0 Å². The first-order valence-electron chi connectivity index (χ1n) is 5.03. The molecule has 1 aromatic rings. The molecule has 0 bridgehead atoms. The van der Waals surface area contributed by atoms with Crippen LogP contribution >= 0.6 is 0 Å². The number of rotatable bonds is 6. The second-order valence-electron chi connectivity index (χ2n) is 3.57. The van der Waals surface area contributed by atoms with Crippen molar-refractivity contribution < 1.29 is 13.3 Å². The molecule has 0 saturated heterocycles. The van der Waals surface area contributed by atoms with Gasteiger partial charge in [0, 0.05) is 37.1 Å². The average molecular weight is 274 g/mol. The maximum absolute atomic E-state index is 10.7. The standard InChI is InChI=1S/C9H14N4O4S/c1-11-7-4-8(6-9(5-7)13(14)15)12-2-3-18(10,16)17/h4-6,11-12H,2-3H2,1H3,(H2,10,16,17). The number of sulfonamides is 1. The van der Waals surface area contributed by atoms with E-state index < -0.39 is 14.9 Å². The highest BCUT2D eigenvalue weighted by Crippen LogP contribution is 2.23. The van der Waals surface area contributed by atoms with Gasteiger partial charge in [0.25, 0.3) is 5.69 Å². The lowest BCUT2D eigenvalue weighted by Gasteiger charge is -2.08. The fourth-order valence-electron chi connectivity index (χ4n) is 1.30. The third-order valence-electron chi connectivity index (χ3n) is 2.13. The maximum atomic E-state index is 10.7. The van der Waals surface area contributed by atoms with Gasteiger partial charge < -0.3 is 10.6 Å². The quantitative estimate of drug-likeness (QED) is 0.507. The second-order valence-corrected chi connectivity index (χ2v) is 5.30. The fourth-order valence-corrected chi connectivity index (χ4v) is 1.69. The third kappa shape index (κ3) is 4.55. The first-order valence-corrected chi connectivity index (χ1v) is 6.75. The molecule has 100 valence electrons. The van der Waals surface area contributed by atoms with E-state index in [0.717, 1.165) is 0 Å². The van der Waals surface area contributed by atoms with Crippen molar-refractivity contribution in [2.45, 2.75) is 0 Å². The molecule has 0 heterocycles. The van der Waals surface area contributed by atoms with Crippen molar-refractivity contribution in [1.29, 1.82) is 0 Å². The second kappa shape index (κ2) is 5.65. The van der Waals surface area contributed by atoms with Crippen molar-refractivity contribution in [2.75, 3.05) is 30.0 Å². The van der Waals surface area contributed by atoms with Crippen molar-refractivity contribution in [1.82, 2.24) is 0 Å². The molecule has 0 radical (unpaired) electrons. The largest absolute Gasteiger partial charge is 0.388 e. The van der Waals surface area contributed by atoms with Crippen LogP contribution in [0.15, 0.2) is 18.2 Å². The molecule has 4 N–H and O–H groups in total. The monoisotopic (exact) mass is 274 g/mol. The highest BCUT2D eigenvalue weighted by molar-refractivity contribution is 7.89. The summed E-state index contributed by atoms with van der Waals surface area (Å²) >= 11 is 0. The van der Waals surface area contributed by atoms with Crippen LogP contribution in [0.4, 0.5) is 17.1 Å². The summed E-state index contributed by atoms with van der Waals surface area (Å²) < 4.78 is 21.5. The molecule has 0 aliphatic rings. The van der Waals surface area contributed by atoms with Gasteiger partial charge in [-0.25, -0.2) is 13.6 Å². The van der Waals surface area contributed by atoms with E-state index in [2.05, 4.69) is 10.6 Å². The summed E-state index contributed by atoms with van der Waals surface area (Å²) in [4.78, 5) is 10.2. The lowest BCUT2D eigenvalue weighted by atomic mass is 10.2. The molecule has 0 fully saturated rings. The molecule has 0 atom stereocenters. The molecule has 0 unspecified atom stereocenters. The van der Waals surface area contributed by atoms with Crippen LogP contribution in [0.1, 0.15) is 0 Å². The number of nitro groups is 1. The van der Waals surface area contributed by atoms with Crippen molar-refractivity contribution in [3.63, 3.8) is 0 Å². The molecular formula is C9H14N4O4S. The molecule has 0 aliphatic carbocycles. The molecule has 0 amide bonds. The molecule has 1 rings (SSSR count). The number of hydrogen-bond donors (Lipinski definition) is 3. The van der Waals surface area contributed by atoms with E-state index >= 15 is 0 Å². The Morgan fingerprint density at radius 3 is 2.44 bits per heavy atom. The Labute approximate surface area is 104 Å². The Bertz CT molecular complexity index is 543. The summed E-state index contributed by atoms with van der Waals surface area (Å²) in [5.41, 5.74) is 0.930. The SMILES string of the molecule is CNc1cc(NCCS(N)(=O)=O)cc([N+](=O)[O-])c1. The number of anilines is 2. The topological polar surface area (TPSA) is 127 Å². The van der Waals surface area contributed by atoms with Crippen molar-refractivity contribution in [2.24, 2.45) is 5.14 Å². The van der Waals surface area contributed by atoms with E-state index in [1.807, 2.05) is 0 Å². The summed E-state index contributed by atoms with van der Waals surface area (Å²) in [5, 5.41) is 21.1. The Morgan fingerprint density at radius 2 is 1.94 bits per heavy atom. The number of hydrogen-bond acceptors (Lipinski definition) is 6. The van der Waals surface area contributed by atoms with Crippen LogP contribution in [0.2, 0.25) is 0 Å². The summed E-state index contributed by atoms with van der Waals surface area (Å²) in [6.07, 6.45) is 0. The summed E-state index contributed by atoms with van der Waals surface area (Å²) in [7, 11) is -1.92. The van der Waals surface area contributed by atoms with E-state index in [9.17, 15) is 18.5 Å². The van der Waals surface area contributed by atoms with E-state index in [-0.39, 0.29) is 18.0 Å². The first-order chi connectivity index (χ1) is 8.31. The van der Waals surface area contributed by atoms with Crippen LogP contribution in [0, 0.1) is 10.1 Å². The van der Waals surface area contributed by atoms with E-state index in [4.69, 9.17) is 5.14 Å². The number of benzene rings is 1. The van der Waals surface area contributed by atoms with Crippen LogP contribution in [-0.4, -0.2) is 32.7 Å². The molecular weight excluding hydrogens is 260 g/mol. The van der Waals surface area contributed by atoms with Crippen LogP contribution in [0.5, 0.6) is 0 Å². The molecule has 0 spiro atoms. The van der Waals surface area contributed by atoms with Crippen LogP contribution in [0.25, 0.3) is 0 Å². The molecule has 0 saturated carbocycles. The van der Waals surface area contributed by atoms with Gasteiger partial charge in [-0.3, -0.25) is 10.1 Å². The number of nitrogens with one attached hydrogen (secondary N) is 2. The highest BCUT2D eigenvalue weighted by Gasteiger charge is 2.09. The number of nitro benzene ring substituents is 1. The zero-order valence-electron chi connectivity index (χ0n) is 9.71. The molecule has 18 heavy (non-hydrogen) atoms. The summed E-state index contributed by atoms with van der Waals surface area (Å²) in [6.45, 7) is 0.0865. The van der Waals surface area contributed by atoms with Gasteiger partial charge in [0.15, 0.2) is 0 Å². The molecule has 9 heteroatoms. The van der Waals surface area contributed by atoms with Gasteiger partial charge in [0.2, 0.25) is 10.0 Å². The third-order valence-corrected chi connectivity index (χ3v) is 2.91.